The van der Waals surface area contributed by atoms with Crippen molar-refractivity contribution >= 4 is 0 Å². The van der Waals surface area contributed by atoms with Crippen molar-refractivity contribution in [3.05, 3.63) is 73.9 Å². The van der Waals surface area contributed by atoms with E-state index in [4.69, 9.17) is 0 Å². The Balaban J connectivity index is 3.29. The van der Waals surface area contributed by atoms with Crippen LogP contribution in [-0.2, 0) is 0 Å². The molecule has 0 aliphatic heterocycles. The Morgan fingerprint density at radius 2 is 1.00 bits per heavy atom. The molecule has 0 fully saturated rings. The topological polar surface area (TPSA) is 0 Å². The zero-order valence-corrected chi connectivity index (χ0v) is 10.7. The van der Waals surface area contributed by atoms with Gasteiger partial charge in [0, 0.05) is 0 Å². The van der Waals surface area contributed by atoms with Crippen LogP contribution in [0.15, 0.2) is 73.9 Å². The van der Waals surface area contributed by atoms with E-state index in [9.17, 15) is 0 Å². The van der Waals surface area contributed by atoms with Crippen LogP contribution in [-0.4, -0.2) is 0 Å². The Morgan fingerprint density at radius 3 is 1.41 bits per heavy atom. The van der Waals surface area contributed by atoms with Gasteiger partial charge in [-0.3, -0.25) is 0 Å². The molecule has 0 atom stereocenters. The number of hydrogen-bond donors (Lipinski definition) is 0. The maximum absolute atomic E-state index is 3.62. The second-order valence-electron chi connectivity index (χ2n) is 3.74. The SMILES string of the molecule is C=CC=CC=CCCCCCC=CC=CC=C. The summed E-state index contributed by atoms with van der Waals surface area (Å²) in [5.74, 6) is 0. The molecule has 92 valence electrons. The highest BCUT2D eigenvalue weighted by Gasteiger charge is 1.84. The summed E-state index contributed by atoms with van der Waals surface area (Å²) in [6.45, 7) is 7.24. The molecule has 0 saturated heterocycles. The van der Waals surface area contributed by atoms with Crippen molar-refractivity contribution in [3.63, 3.8) is 0 Å². The van der Waals surface area contributed by atoms with Crippen molar-refractivity contribution in [1.29, 1.82) is 0 Å². The zero-order valence-electron chi connectivity index (χ0n) is 10.7. The third-order valence-corrected chi connectivity index (χ3v) is 2.23. The molecule has 0 heteroatoms. The summed E-state index contributed by atoms with van der Waals surface area (Å²) in [7, 11) is 0. The van der Waals surface area contributed by atoms with Crippen molar-refractivity contribution in [1.82, 2.24) is 0 Å². The quantitative estimate of drug-likeness (QED) is 0.340. The van der Waals surface area contributed by atoms with Gasteiger partial charge in [-0.1, -0.05) is 80.3 Å². The summed E-state index contributed by atoms with van der Waals surface area (Å²) in [4.78, 5) is 0. The fourth-order valence-electron chi connectivity index (χ4n) is 1.34. The van der Waals surface area contributed by atoms with E-state index in [1.54, 1.807) is 12.2 Å². The first-order valence-electron chi connectivity index (χ1n) is 6.30. The van der Waals surface area contributed by atoms with E-state index < -0.39 is 0 Å². The van der Waals surface area contributed by atoms with Crippen LogP contribution < -0.4 is 0 Å². The van der Waals surface area contributed by atoms with Crippen LogP contribution in [0.4, 0.5) is 0 Å². The predicted octanol–water partition coefficient (Wildman–Crippen LogP) is 5.53. The second-order valence-corrected chi connectivity index (χ2v) is 3.74. The Labute approximate surface area is 106 Å². The highest BCUT2D eigenvalue weighted by Crippen LogP contribution is 2.04. The van der Waals surface area contributed by atoms with Gasteiger partial charge in [-0.25, -0.2) is 0 Å². The molecule has 0 bridgehead atoms. The van der Waals surface area contributed by atoms with Crippen molar-refractivity contribution in [2.75, 3.05) is 0 Å². The van der Waals surface area contributed by atoms with Crippen LogP contribution in [0.1, 0.15) is 32.1 Å². The maximum atomic E-state index is 3.62. The van der Waals surface area contributed by atoms with Crippen LogP contribution >= 0.6 is 0 Å². The molecular formula is C17H24. The average molecular weight is 228 g/mol. The van der Waals surface area contributed by atoms with Crippen LogP contribution in [0.2, 0.25) is 0 Å². The molecule has 0 nitrogen and oxygen atoms in total. The molecule has 0 N–H and O–H groups in total. The number of allylic oxidation sites excluding steroid dienone is 10. The van der Waals surface area contributed by atoms with Gasteiger partial charge in [-0.15, -0.1) is 0 Å². The molecule has 0 spiro atoms. The smallest absolute Gasteiger partial charge is 0.0348 e. The Kier molecular flexibility index (Phi) is 13.1. The molecule has 0 heterocycles. The van der Waals surface area contributed by atoms with Gasteiger partial charge in [0.2, 0.25) is 0 Å². The number of unbranched alkanes of at least 4 members (excludes halogenated alkanes) is 4. The van der Waals surface area contributed by atoms with Crippen LogP contribution in [0.5, 0.6) is 0 Å². The average Bonchev–Trinajstić information content (AvgIpc) is 2.35. The van der Waals surface area contributed by atoms with E-state index in [0.29, 0.717) is 0 Å². The van der Waals surface area contributed by atoms with Gasteiger partial charge >= 0.3 is 0 Å². The summed E-state index contributed by atoms with van der Waals surface area (Å²) in [6, 6.07) is 0. The minimum Gasteiger partial charge on any atom is -0.0991 e. The third kappa shape index (κ3) is 14.4. The molecular weight excluding hydrogens is 204 g/mol. The van der Waals surface area contributed by atoms with Gasteiger partial charge in [0.25, 0.3) is 0 Å². The van der Waals surface area contributed by atoms with Crippen LogP contribution in [0.25, 0.3) is 0 Å². The Hall–Kier alpha value is -1.56. The van der Waals surface area contributed by atoms with E-state index in [1.807, 2.05) is 24.3 Å². The lowest BCUT2D eigenvalue weighted by Gasteiger charge is -1.94. The van der Waals surface area contributed by atoms with Gasteiger partial charge in [0.05, 0.1) is 0 Å². The monoisotopic (exact) mass is 228 g/mol. The first kappa shape index (κ1) is 15.4. The van der Waals surface area contributed by atoms with E-state index in [-0.39, 0.29) is 0 Å². The molecule has 0 rings (SSSR count). The van der Waals surface area contributed by atoms with Crippen molar-refractivity contribution in [2.45, 2.75) is 32.1 Å². The van der Waals surface area contributed by atoms with Crippen molar-refractivity contribution < 1.29 is 0 Å². The summed E-state index contributed by atoms with van der Waals surface area (Å²) < 4.78 is 0. The summed E-state index contributed by atoms with van der Waals surface area (Å²) in [5, 5.41) is 0. The summed E-state index contributed by atoms with van der Waals surface area (Å²) >= 11 is 0. The highest BCUT2D eigenvalue weighted by atomic mass is 13.9. The highest BCUT2D eigenvalue weighted by molar-refractivity contribution is 5.09. The molecule has 0 radical (unpaired) electrons. The van der Waals surface area contributed by atoms with Gasteiger partial charge in [-0.2, -0.15) is 0 Å². The first-order valence-corrected chi connectivity index (χ1v) is 6.30. The van der Waals surface area contributed by atoms with Crippen LogP contribution in [0, 0.1) is 0 Å². The molecule has 0 saturated carbocycles. The second kappa shape index (κ2) is 14.4. The molecule has 17 heavy (non-hydrogen) atoms. The molecule has 0 aliphatic rings. The van der Waals surface area contributed by atoms with Crippen LogP contribution in [0.3, 0.4) is 0 Å². The lowest BCUT2D eigenvalue weighted by Crippen LogP contribution is -1.74. The van der Waals surface area contributed by atoms with E-state index in [0.717, 1.165) is 0 Å². The third-order valence-electron chi connectivity index (χ3n) is 2.23. The predicted molar refractivity (Wildman–Crippen MR) is 80.0 cm³/mol. The number of hydrogen-bond acceptors (Lipinski definition) is 0. The fourth-order valence-corrected chi connectivity index (χ4v) is 1.34. The van der Waals surface area contributed by atoms with Crippen molar-refractivity contribution in [2.24, 2.45) is 0 Å². The summed E-state index contributed by atoms with van der Waals surface area (Å²) in [6.07, 6.45) is 26.3. The van der Waals surface area contributed by atoms with Gasteiger partial charge in [-0.05, 0) is 25.7 Å². The normalized spacial score (nSPS) is 12.2. The molecule has 0 amide bonds. The summed E-state index contributed by atoms with van der Waals surface area (Å²) in [5.41, 5.74) is 0. The van der Waals surface area contributed by atoms with Gasteiger partial charge in [0.1, 0.15) is 0 Å². The van der Waals surface area contributed by atoms with Crippen molar-refractivity contribution in [3.8, 4) is 0 Å². The minimum absolute atomic E-state index is 1.17. The molecule has 0 aromatic carbocycles. The largest absolute Gasteiger partial charge is 0.0991 e. The van der Waals surface area contributed by atoms with Gasteiger partial charge < -0.3 is 0 Å². The molecule has 0 aromatic rings. The van der Waals surface area contributed by atoms with E-state index in [1.165, 1.54) is 32.1 Å². The maximum Gasteiger partial charge on any atom is -0.0348 e. The fraction of sp³-hybridized carbons (Fsp3) is 0.294. The zero-order chi connectivity index (χ0) is 12.6. The molecule has 0 aromatic heterocycles. The van der Waals surface area contributed by atoms with E-state index in [2.05, 4.69) is 37.5 Å². The minimum atomic E-state index is 1.17. The number of rotatable bonds is 10. The molecule has 0 aliphatic carbocycles. The molecule has 0 unspecified atom stereocenters. The van der Waals surface area contributed by atoms with E-state index >= 15 is 0 Å². The van der Waals surface area contributed by atoms with Gasteiger partial charge in [0.15, 0.2) is 0 Å². The Bertz CT molecular complexity index is 257. The first-order chi connectivity index (χ1) is 8.41. The lowest BCUT2D eigenvalue weighted by atomic mass is 10.1. The lowest BCUT2D eigenvalue weighted by molar-refractivity contribution is 0.696. The standard InChI is InChI=1S/C17H24/c1-3-5-7-9-11-13-15-17-16-14-12-10-8-6-4-2/h3-12H,1-2,13-17H2. The Morgan fingerprint density at radius 1 is 0.529 bits per heavy atom.